The molecular weight excluding hydrogens is 492 g/mol. The van der Waals surface area contributed by atoms with Crippen molar-refractivity contribution in [3.8, 4) is 17.3 Å². The van der Waals surface area contributed by atoms with E-state index < -0.39 is 23.2 Å². The van der Waals surface area contributed by atoms with E-state index in [2.05, 4.69) is 36.3 Å². The first kappa shape index (κ1) is 24.0. The van der Waals surface area contributed by atoms with Crippen molar-refractivity contribution in [3.63, 3.8) is 0 Å². The summed E-state index contributed by atoms with van der Waals surface area (Å²) in [4.78, 5) is 28.7. The summed E-state index contributed by atoms with van der Waals surface area (Å²) in [5.41, 5.74) is 1.86. The molecule has 2 aliphatic rings. The summed E-state index contributed by atoms with van der Waals surface area (Å²) in [6, 6.07) is 6.76. The zero-order valence-corrected chi connectivity index (χ0v) is 20.4. The van der Waals surface area contributed by atoms with Crippen molar-refractivity contribution in [2.75, 3.05) is 25.0 Å². The molecule has 0 bridgehead atoms. The van der Waals surface area contributed by atoms with E-state index >= 15 is 0 Å². The molecule has 38 heavy (non-hydrogen) atoms. The molecule has 1 aromatic carbocycles. The number of carbonyl (C=O) groups is 1. The number of aromatic amines is 1. The van der Waals surface area contributed by atoms with E-state index in [0.29, 0.717) is 19.6 Å². The van der Waals surface area contributed by atoms with E-state index in [0.717, 1.165) is 59.8 Å². The third-order valence-corrected chi connectivity index (χ3v) is 7.37. The first-order valence-electron chi connectivity index (χ1n) is 12.4. The number of rotatable bonds is 5. The van der Waals surface area contributed by atoms with Gasteiger partial charge in [-0.2, -0.15) is 10.4 Å². The molecule has 0 spiro atoms. The molecule has 1 unspecified atom stereocenters. The Morgan fingerprint density at radius 1 is 1.21 bits per heavy atom. The maximum atomic E-state index is 13.6. The average molecular weight is 518 g/mol. The Balaban J connectivity index is 1.20. The highest BCUT2D eigenvalue weighted by molar-refractivity contribution is 5.90. The lowest BCUT2D eigenvalue weighted by Gasteiger charge is -2.55. The van der Waals surface area contributed by atoms with Crippen molar-refractivity contribution in [3.05, 3.63) is 60.8 Å². The second kappa shape index (κ2) is 9.50. The Bertz CT molecular complexity index is 1510. The van der Waals surface area contributed by atoms with Crippen LogP contribution in [0.4, 0.5) is 19.3 Å². The zero-order chi connectivity index (χ0) is 26.3. The Morgan fingerprint density at radius 2 is 2.03 bits per heavy atom. The van der Waals surface area contributed by atoms with Gasteiger partial charge in [0.15, 0.2) is 0 Å². The molecule has 0 saturated carbocycles. The van der Waals surface area contributed by atoms with Gasteiger partial charge in [-0.25, -0.2) is 23.5 Å². The number of nitriles is 1. The van der Waals surface area contributed by atoms with Crippen LogP contribution in [0.1, 0.15) is 25.7 Å². The van der Waals surface area contributed by atoms with Crippen LogP contribution in [0.25, 0.3) is 22.3 Å². The van der Waals surface area contributed by atoms with Crippen LogP contribution in [-0.4, -0.2) is 66.4 Å². The molecule has 2 N–H and O–H groups in total. The Kier molecular flexibility index (Phi) is 6.00. The predicted octanol–water partition coefficient (Wildman–Crippen LogP) is 4.07. The summed E-state index contributed by atoms with van der Waals surface area (Å²) >= 11 is 0. The number of nitrogens with zero attached hydrogens (tertiary/aromatic N) is 7. The third kappa shape index (κ3) is 4.24. The molecule has 2 fully saturated rings. The number of H-pyrrole nitrogens is 1. The lowest BCUT2D eigenvalue weighted by atomic mass is 9.85. The van der Waals surface area contributed by atoms with Gasteiger partial charge in [0.05, 0.1) is 30.5 Å². The molecule has 12 heteroatoms. The van der Waals surface area contributed by atoms with Crippen molar-refractivity contribution >= 4 is 22.8 Å². The Labute approximate surface area is 216 Å². The van der Waals surface area contributed by atoms with E-state index in [1.54, 1.807) is 11.1 Å². The molecule has 1 atom stereocenters. The number of carbonyl (C=O) groups excluding carboxylic acids is 1. The average Bonchev–Trinajstić information content (AvgIpc) is 3.55. The highest BCUT2D eigenvalue weighted by atomic mass is 19.1. The molecule has 2 aliphatic heterocycles. The number of urea groups is 1. The van der Waals surface area contributed by atoms with Gasteiger partial charge in [0, 0.05) is 54.7 Å². The molecule has 2 amide bonds. The highest BCUT2D eigenvalue weighted by Gasteiger charge is 2.50. The number of nitrogens with one attached hydrogen (secondary N) is 2. The summed E-state index contributed by atoms with van der Waals surface area (Å²) in [5.74, 6) is -1.50. The van der Waals surface area contributed by atoms with Crippen LogP contribution < -0.4 is 5.32 Å². The second-order valence-corrected chi connectivity index (χ2v) is 9.86. The number of anilines is 1. The monoisotopic (exact) mass is 517 g/mol. The Morgan fingerprint density at radius 3 is 2.82 bits per heavy atom. The van der Waals surface area contributed by atoms with Crippen LogP contribution in [0.5, 0.6) is 0 Å². The van der Waals surface area contributed by atoms with Gasteiger partial charge in [0.2, 0.25) is 0 Å². The number of fused-ring (bicyclic) bond motifs is 1. The van der Waals surface area contributed by atoms with Crippen molar-refractivity contribution in [1.82, 2.24) is 34.5 Å². The van der Waals surface area contributed by atoms with Crippen LogP contribution in [0, 0.1) is 23.0 Å². The molecule has 5 heterocycles. The van der Waals surface area contributed by atoms with Crippen LogP contribution >= 0.6 is 0 Å². The van der Waals surface area contributed by atoms with Gasteiger partial charge in [-0.15, -0.1) is 0 Å². The number of amides is 2. The van der Waals surface area contributed by atoms with E-state index in [4.69, 9.17) is 0 Å². The summed E-state index contributed by atoms with van der Waals surface area (Å²) in [5, 5.41) is 17.8. The fraction of sp³-hybridized carbons (Fsp3) is 0.346. The number of likely N-dealkylation sites (tertiary alicyclic amines) is 2. The van der Waals surface area contributed by atoms with Crippen LogP contribution in [0.3, 0.4) is 0 Å². The smallest absolute Gasteiger partial charge is 0.323 e. The van der Waals surface area contributed by atoms with Crippen LogP contribution in [0.15, 0.2) is 49.2 Å². The van der Waals surface area contributed by atoms with Crippen molar-refractivity contribution in [2.45, 2.75) is 37.4 Å². The lowest BCUT2D eigenvalue weighted by molar-refractivity contribution is -0.0771. The number of benzene rings is 1. The van der Waals surface area contributed by atoms with E-state index in [1.165, 1.54) is 6.33 Å². The topological polar surface area (TPSA) is 119 Å². The van der Waals surface area contributed by atoms with Gasteiger partial charge in [0.25, 0.3) is 0 Å². The summed E-state index contributed by atoms with van der Waals surface area (Å²) in [7, 11) is 0. The summed E-state index contributed by atoms with van der Waals surface area (Å²) in [6.45, 7) is 1.60. The fourth-order valence-corrected chi connectivity index (χ4v) is 5.56. The van der Waals surface area contributed by atoms with Crippen molar-refractivity contribution in [1.29, 1.82) is 5.26 Å². The number of hydrogen-bond acceptors (Lipinski definition) is 6. The number of aromatic nitrogens is 5. The van der Waals surface area contributed by atoms with Gasteiger partial charge in [-0.05, 0) is 37.5 Å². The molecule has 3 aromatic heterocycles. The number of halogens is 2. The van der Waals surface area contributed by atoms with Gasteiger partial charge < -0.3 is 15.2 Å². The zero-order valence-electron chi connectivity index (χ0n) is 20.4. The molecule has 0 radical (unpaired) electrons. The van der Waals surface area contributed by atoms with E-state index in [9.17, 15) is 18.8 Å². The van der Waals surface area contributed by atoms with Crippen LogP contribution in [0.2, 0.25) is 0 Å². The molecule has 4 aromatic rings. The van der Waals surface area contributed by atoms with E-state index in [-0.39, 0.29) is 18.3 Å². The SMILES string of the molecule is N#CCC1(n2cc(-c3ncnc4[nH]ccc34)cn2)CN(C2CCCCN2C(=O)Nc2cc(F)cc(F)c2)C1. The summed E-state index contributed by atoms with van der Waals surface area (Å²) in [6.07, 6.45) is 9.60. The largest absolute Gasteiger partial charge is 0.346 e. The van der Waals surface area contributed by atoms with Gasteiger partial charge in [-0.3, -0.25) is 9.58 Å². The maximum absolute atomic E-state index is 13.6. The molecule has 6 rings (SSSR count). The minimum absolute atomic E-state index is 0.0737. The second-order valence-electron chi connectivity index (χ2n) is 9.86. The minimum atomic E-state index is -0.752. The van der Waals surface area contributed by atoms with Gasteiger partial charge in [0.1, 0.15) is 29.1 Å². The van der Waals surface area contributed by atoms with Gasteiger partial charge in [-0.1, -0.05) is 0 Å². The highest BCUT2D eigenvalue weighted by Crippen LogP contribution is 2.38. The maximum Gasteiger partial charge on any atom is 0.323 e. The number of hydrogen-bond donors (Lipinski definition) is 2. The molecule has 2 saturated heterocycles. The first-order chi connectivity index (χ1) is 18.5. The molecule has 0 aliphatic carbocycles. The molecule has 10 nitrogen and oxygen atoms in total. The minimum Gasteiger partial charge on any atom is -0.346 e. The quantitative estimate of drug-likeness (QED) is 0.412. The lowest BCUT2D eigenvalue weighted by Crippen LogP contribution is -2.69. The Hall–Kier alpha value is -4.37. The van der Waals surface area contributed by atoms with Gasteiger partial charge >= 0.3 is 6.03 Å². The first-order valence-corrected chi connectivity index (χ1v) is 12.4. The fourth-order valence-electron chi connectivity index (χ4n) is 5.56. The number of piperidine rings is 1. The van der Waals surface area contributed by atoms with Crippen molar-refractivity contribution < 1.29 is 13.6 Å². The molecule has 194 valence electrons. The standard InChI is InChI=1S/C26H25F2N9O/c27-18-9-19(28)11-20(10-18)34-25(38)36-8-2-1-3-22(36)35-14-26(15-35,5-6-29)37-13-17(12-33-37)23-21-4-7-30-24(21)32-16-31-23/h4,7,9-13,16,22H,1-3,5,8,14-15H2,(H,34,38)(H,30,31,32). The third-order valence-electron chi connectivity index (χ3n) is 7.37. The van der Waals surface area contributed by atoms with Crippen LogP contribution in [-0.2, 0) is 5.54 Å². The predicted molar refractivity (Wildman–Crippen MR) is 135 cm³/mol. The van der Waals surface area contributed by atoms with Crippen molar-refractivity contribution in [2.24, 2.45) is 0 Å². The normalized spacial score (nSPS) is 19.2. The molecular formula is C26H25F2N9O. The summed E-state index contributed by atoms with van der Waals surface area (Å²) < 4.78 is 29.1. The van der Waals surface area contributed by atoms with E-state index in [1.807, 2.05) is 23.1 Å².